The van der Waals surface area contributed by atoms with E-state index in [0.717, 1.165) is 10.0 Å². The van der Waals surface area contributed by atoms with Crippen molar-refractivity contribution in [2.45, 2.75) is 0 Å². The first-order valence-electron chi connectivity index (χ1n) is 2.70. The first-order chi connectivity index (χ1) is 4.88. The van der Waals surface area contributed by atoms with E-state index in [1.54, 1.807) is 12.2 Å². The lowest BCUT2D eigenvalue weighted by Crippen LogP contribution is -2.33. The molecule has 4 heteroatoms. The predicted octanol–water partition coefficient (Wildman–Crippen LogP) is -0.141. The average Bonchev–Trinajstić information content (AvgIpc) is 2.04. The second kappa shape index (κ2) is 2.82. The van der Waals surface area contributed by atoms with E-state index in [2.05, 4.69) is 0 Å². The molecular formula is C6H6N2O2. The molecular weight excluding hydrogens is 132 g/mol. The number of allylic oxidation sites excluding steroid dienone is 2. The van der Waals surface area contributed by atoms with Crippen molar-refractivity contribution in [2.75, 3.05) is 0 Å². The Hall–Kier alpha value is -1.58. The van der Waals surface area contributed by atoms with E-state index < -0.39 is 0 Å². The zero-order valence-corrected chi connectivity index (χ0v) is 5.18. The van der Waals surface area contributed by atoms with Crippen LogP contribution in [0, 0.1) is 0 Å². The predicted molar refractivity (Wildman–Crippen MR) is 34.1 cm³/mol. The van der Waals surface area contributed by atoms with Crippen molar-refractivity contribution < 1.29 is 9.59 Å². The summed E-state index contributed by atoms with van der Waals surface area (Å²) in [6.07, 6.45) is 7.40. The molecule has 52 valence electrons. The lowest BCUT2D eigenvalue weighted by molar-refractivity contribution is -0.136. The number of rotatable bonds is 2. The Morgan fingerprint density at radius 3 is 1.60 bits per heavy atom. The Bertz CT molecular complexity index is 176. The molecule has 0 N–H and O–H groups in total. The fourth-order valence-electron chi connectivity index (χ4n) is 0.609. The molecule has 10 heavy (non-hydrogen) atoms. The van der Waals surface area contributed by atoms with Gasteiger partial charge in [-0.15, -0.1) is 0 Å². The summed E-state index contributed by atoms with van der Waals surface area (Å²) in [6.45, 7) is 0. The summed E-state index contributed by atoms with van der Waals surface area (Å²) in [7, 11) is 0. The van der Waals surface area contributed by atoms with E-state index in [9.17, 15) is 9.59 Å². The number of carbonyl (C=O) groups is 2. The molecule has 0 atom stereocenters. The monoisotopic (exact) mass is 138 g/mol. The van der Waals surface area contributed by atoms with Crippen LogP contribution in [-0.4, -0.2) is 22.8 Å². The zero-order chi connectivity index (χ0) is 7.40. The minimum atomic E-state index is 0.550. The third-order valence-corrected chi connectivity index (χ3v) is 1.07. The van der Waals surface area contributed by atoms with Gasteiger partial charge in [0, 0.05) is 12.4 Å². The van der Waals surface area contributed by atoms with Crippen molar-refractivity contribution in [3.63, 3.8) is 0 Å². The van der Waals surface area contributed by atoms with Gasteiger partial charge in [-0.3, -0.25) is 9.59 Å². The van der Waals surface area contributed by atoms with Crippen molar-refractivity contribution in [3.8, 4) is 0 Å². The number of nitrogens with zero attached hydrogens (tertiary/aromatic N) is 2. The molecule has 1 aliphatic heterocycles. The summed E-state index contributed by atoms with van der Waals surface area (Å²) >= 11 is 0. The summed E-state index contributed by atoms with van der Waals surface area (Å²) in [4.78, 5) is 20.3. The van der Waals surface area contributed by atoms with Crippen LogP contribution in [0.2, 0.25) is 0 Å². The maximum atomic E-state index is 10.2. The number of amides is 2. The molecule has 0 aromatic rings. The fraction of sp³-hybridized carbons (Fsp3) is 0. The van der Waals surface area contributed by atoms with Gasteiger partial charge in [-0.25, -0.2) is 10.0 Å². The topological polar surface area (TPSA) is 40.6 Å². The van der Waals surface area contributed by atoms with Crippen LogP contribution in [-0.2, 0) is 9.59 Å². The Kier molecular flexibility index (Phi) is 1.84. The maximum Gasteiger partial charge on any atom is 0.232 e. The molecule has 2 amide bonds. The van der Waals surface area contributed by atoms with Gasteiger partial charge in [-0.2, -0.15) is 0 Å². The second-order valence-electron chi connectivity index (χ2n) is 1.65. The molecule has 0 aromatic heterocycles. The first-order valence-corrected chi connectivity index (χ1v) is 2.70. The summed E-state index contributed by atoms with van der Waals surface area (Å²) in [5.41, 5.74) is 0. The van der Waals surface area contributed by atoms with Crippen LogP contribution in [0.3, 0.4) is 0 Å². The van der Waals surface area contributed by atoms with Gasteiger partial charge in [0.05, 0.1) is 0 Å². The van der Waals surface area contributed by atoms with Crippen LogP contribution in [0.25, 0.3) is 0 Å². The third-order valence-electron chi connectivity index (χ3n) is 1.07. The van der Waals surface area contributed by atoms with Gasteiger partial charge >= 0.3 is 0 Å². The Morgan fingerprint density at radius 2 is 1.30 bits per heavy atom. The standard InChI is InChI=1S/C6H6N2O2/c9-5-7-3-1-2-4-8(7)6-10/h1-6H. The normalized spacial score (nSPS) is 15.6. The Morgan fingerprint density at radius 1 is 0.900 bits per heavy atom. The van der Waals surface area contributed by atoms with E-state index >= 15 is 0 Å². The Labute approximate surface area is 58.0 Å². The van der Waals surface area contributed by atoms with Crippen molar-refractivity contribution in [1.29, 1.82) is 0 Å². The third kappa shape index (κ3) is 1.05. The molecule has 0 radical (unpaired) electrons. The average molecular weight is 138 g/mol. The van der Waals surface area contributed by atoms with Crippen molar-refractivity contribution in [3.05, 3.63) is 24.6 Å². The summed E-state index contributed by atoms with van der Waals surface area (Å²) in [5.74, 6) is 0. The molecule has 1 heterocycles. The van der Waals surface area contributed by atoms with Gasteiger partial charge in [0.15, 0.2) is 0 Å². The highest BCUT2D eigenvalue weighted by atomic mass is 16.2. The highest BCUT2D eigenvalue weighted by molar-refractivity contribution is 5.58. The van der Waals surface area contributed by atoms with E-state index in [-0.39, 0.29) is 0 Å². The fourth-order valence-corrected chi connectivity index (χ4v) is 0.609. The smallest absolute Gasteiger partial charge is 0.232 e. The zero-order valence-electron chi connectivity index (χ0n) is 5.18. The molecule has 0 saturated heterocycles. The van der Waals surface area contributed by atoms with Crippen molar-refractivity contribution in [1.82, 2.24) is 10.0 Å². The molecule has 0 saturated carbocycles. The second-order valence-corrected chi connectivity index (χ2v) is 1.65. The molecule has 0 aromatic carbocycles. The van der Waals surface area contributed by atoms with Gasteiger partial charge in [-0.05, 0) is 12.2 Å². The van der Waals surface area contributed by atoms with Gasteiger partial charge in [0.1, 0.15) is 0 Å². The largest absolute Gasteiger partial charge is 0.276 e. The lowest BCUT2D eigenvalue weighted by atomic mass is 10.5. The molecule has 0 unspecified atom stereocenters. The lowest BCUT2D eigenvalue weighted by Gasteiger charge is -2.22. The van der Waals surface area contributed by atoms with E-state index in [4.69, 9.17) is 0 Å². The summed E-state index contributed by atoms with van der Waals surface area (Å²) in [5, 5.41) is 2.26. The molecule has 1 aliphatic rings. The first kappa shape index (κ1) is 6.54. The van der Waals surface area contributed by atoms with Crippen LogP contribution in [0.4, 0.5) is 0 Å². The number of hydrogen-bond donors (Lipinski definition) is 0. The van der Waals surface area contributed by atoms with Gasteiger partial charge in [-0.1, -0.05) is 0 Å². The van der Waals surface area contributed by atoms with Crippen LogP contribution in [0.1, 0.15) is 0 Å². The van der Waals surface area contributed by atoms with Crippen LogP contribution >= 0.6 is 0 Å². The summed E-state index contributed by atoms with van der Waals surface area (Å²) < 4.78 is 0. The SMILES string of the molecule is O=CN1C=CC=CN1C=O. The van der Waals surface area contributed by atoms with Gasteiger partial charge in [0.2, 0.25) is 12.8 Å². The highest BCUT2D eigenvalue weighted by Crippen LogP contribution is 1.99. The highest BCUT2D eigenvalue weighted by Gasteiger charge is 2.05. The maximum absolute atomic E-state index is 10.2. The number of carbonyl (C=O) groups excluding carboxylic acids is 2. The minimum absolute atomic E-state index is 0.550. The molecule has 0 aliphatic carbocycles. The molecule has 0 bridgehead atoms. The number of hydrazine groups is 1. The molecule has 0 spiro atoms. The van der Waals surface area contributed by atoms with Crippen LogP contribution in [0.5, 0.6) is 0 Å². The van der Waals surface area contributed by atoms with Crippen molar-refractivity contribution >= 4 is 12.8 Å². The van der Waals surface area contributed by atoms with Gasteiger partial charge in [0.25, 0.3) is 0 Å². The number of hydrogen-bond acceptors (Lipinski definition) is 2. The van der Waals surface area contributed by atoms with Gasteiger partial charge < -0.3 is 0 Å². The molecule has 1 rings (SSSR count). The van der Waals surface area contributed by atoms with Crippen LogP contribution < -0.4 is 0 Å². The molecule has 0 fully saturated rings. The molecule has 4 nitrogen and oxygen atoms in total. The van der Waals surface area contributed by atoms with E-state index in [0.29, 0.717) is 12.8 Å². The minimum Gasteiger partial charge on any atom is -0.276 e. The van der Waals surface area contributed by atoms with Crippen molar-refractivity contribution in [2.24, 2.45) is 0 Å². The van der Waals surface area contributed by atoms with Crippen LogP contribution in [0.15, 0.2) is 24.6 Å². The van der Waals surface area contributed by atoms with E-state index in [1.165, 1.54) is 12.4 Å². The summed E-state index contributed by atoms with van der Waals surface area (Å²) in [6, 6.07) is 0. The Balaban J connectivity index is 2.72. The quantitative estimate of drug-likeness (QED) is 0.498. The van der Waals surface area contributed by atoms with E-state index in [1.807, 2.05) is 0 Å².